The van der Waals surface area contributed by atoms with Crippen LogP contribution < -0.4 is 5.73 Å². The maximum Gasteiger partial charge on any atom is 0.0684 e. The molecule has 1 aliphatic carbocycles. The maximum atomic E-state index is 9.19. The van der Waals surface area contributed by atoms with Gasteiger partial charge in [-0.25, -0.2) is 0 Å². The summed E-state index contributed by atoms with van der Waals surface area (Å²) in [5.41, 5.74) is 9.19. The Morgan fingerprint density at radius 3 is 3.00 bits per heavy atom. The molecule has 1 unspecified atom stereocenters. The Hall–Kier alpha value is -0.570. The number of halogens is 1. The summed E-state index contributed by atoms with van der Waals surface area (Å²) in [6, 6.07) is 3.76. The molecule has 0 fully saturated rings. The van der Waals surface area contributed by atoms with Crippen molar-refractivity contribution >= 4 is 11.6 Å². The number of nitrogens with two attached hydrogens (primary N) is 1. The van der Waals surface area contributed by atoms with E-state index in [1.165, 1.54) is 5.56 Å². The Kier molecular flexibility index (Phi) is 2.77. The van der Waals surface area contributed by atoms with Gasteiger partial charge in [0.05, 0.1) is 6.61 Å². The number of fused-ring (bicyclic) bond motifs is 1. The van der Waals surface area contributed by atoms with Crippen molar-refractivity contribution in [1.29, 1.82) is 0 Å². The van der Waals surface area contributed by atoms with Gasteiger partial charge >= 0.3 is 0 Å². The fraction of sp³-hybridized carbons (Fsp3) is 0.455. The standard InChI is InChI=1S/C11H14ClNO/c12-9-5-4-7(6-14)8-2-1-3-10(13)11(8)9/h4-5,10,14H,1-3,6,13H2. The average molecular weight is 212 g/mol. The fourth-order valence-electron chi connectivity index (χ4n) is 2.17. The lowest BCUT2D eigenvalue weighted by Crippen LogP contribution is -2.19. The van der Waals surface area contributed by atoms with Crippen LogP contribution in [0.1, 0.15) is 35.6 Å². The molecule has 76 valence electrons. The highest BCUT2D eigenvalue weighted by Gasteiger charge is 2.21. The number of aliphatic hydroxyl groups excluding tert-OH is 1. The molecular formula is C11H14ClNO. The van der Waals surface area contributed by atoms with E-state index in [4.69, 9.17) is 17.3 Å². The van der Waals surface area contributed by atoms with Crippen LogP contribution in [0.15, 0.2) is 12.1 Å². The van der Waals surface area contributed by atoms with E-state index in [0.29, 0.717) is 0 Å². The van der Waals surface area contributed by atoms with Crippen LogP contribution in [-0.2, 0) is 13.0 Å². The van der Waals surface area contributed by atoms with Gasteiger partial charge in [0.1, 0.15) is 0 Å². The Morgan fingerprint density at radius 2 is 2.29 bits per heavy atom. The van der Waals surface area contributed by atoms with Gasteiger partial charge in [-0.15, -0.1) is 0 Å². The largest absolute Gasteiger partial charge is 0.392 e. The Bertz CT molecular complexity index is 351. The SMILES string of the molecule is NC1CCCc2c(CO)ccc(Cl)c21. The summed E-state index contributed by atoms with van der Waals surface area (Å²) in [4.78, 5) is 0. The van der Waals surface area contributed by atoms with Crippen molar-refractivity contribution < 1.29 is 5.11 Å². The topological polar surface area (TPSA) is 46.2 Å². The minimum atomic E-state index is 0.0396. The normalized spacial score (nSPS) is 20.6. The van der Waals surface area contributed by atoms with E-state index < -0.39 is 0 Å². The molecule has 0 spiro atoms. The summed E-state index contributed by atoms with van der Waals surface area (Å²) in [6.07, 6.45) is 3.06. The van der Waals surface area contributed by atoms with Gasteiger partial charge in [0, 0.05) is 11.1 Å². The lowest BCUT2D eigenvalue weighted by molar-refractivity contribution is 0.280. The first-order chi connectivity index (χ1) is 6.74. The third kappa shape index (κ3) is 1.54. The van der Waals surface area contributed by atoms with E-state index in [2.05, 4.69) is 0 Å². The monoisotopic (exact) mass is 211 g/mol. The van der Waals surface area contributed by atoms with Gasteiger partial charge in [0.25, 0.3) is 0 Å². The molecule has 3 N–H and O–H groups in total. The first kappa shape index (κ1) is 9.97. The molecule has 2 rings (SSSR count). The van der Waals surface area contributed by atoms with Gasteiger partial charge in [0.15, 0.2) is 0 Å². The molecule has 0 heterocycles. The van der Waals surface area contributed by atoms with E-state index in [1.54, 1.807) is 0 Å². The number of aliphatic hydroxyl groups is 1. The van der Waals surface area contributed by atoms with Crippen LogP contribution in [0.25, 0.3) is 0 Å². The molecule has 1 aromatic carbocycles. The number of hydrogen-bond acceptors (Lipinski definition) is 2. The predicted molar refractivity (Wildman–Crippen MR) is 57.2 cm³/mol. The van der Waals surface area contributed by atoms with Crippen LogP contribution in [-0.4, -0.2) is 5.11 Å². The van der Waals surface area contributed by atoms with Crippen LogP contribution in [0.2, 0.25) is 5.02 Å². The molecule has 14 heavy (non-hydrogen) atoms. The number of benzene rings is 1. The molecule has 1 aromatic rings. The lowest BCUT2D eigenvalue weighted by Gasteiger charge is -2.25. The van der Waals surface area contributed by atoms with Crippen LogP contribution in [0.4, 0.5) is 0 Å². The highest BCUT2D eigenvalue weighted by atomic mass is 35.5. The molecule has 0 aromatic heterocycles. The predicted octanol–water partition coefficient (Wildman–Crippen LogP) is 2.17. The van der Waals surface area contributed by atoms with Crippen molar-refractivity contribution in [2.24, 2.45) is 5.73 Å². The Balaban J connectivity index is 2.57. The van der Waals surface area contributed by atoms with Gasteiger partial charge in [-0.1, -0.05) is 17.7 Å². The molecule has 0 saturated carbocycles. The summed E-state index contributed by atoms with van der Waals surface area (Å²) in [5, 5.41) is 9.93. The third-order valence-electron chi connectivity index (χ3n) is 2.88. The van der Waals surface area contributed by atoms with Gasteiger partial charge in [-0.3, -0.25) is 0 Å². The summed E-state index contributed by atoms with van der Waals surface area (Å²) in [5.74, 6) is 0. The van der Waals surface area contributed by atoms with Crippen molar-refractivity contribution in [3.8, 4) is 0 Å². The summed E-state index contributed by atoms with van der Waals surface area (Å²) >= 11 is 6.10. The van der Waals surface area contributed by atoms with Gasteiger partial charge in [-0.05, 0) is 42.0 Å². The molecular weight excluding hydrogens is 198 g/mol. The molecule has 2 nitrogen and oxygen atoms in total. The van der Waals surface area contributed by atoms with E-state index in [0.717, 1.165) is 35.4 Å². The van der Waals surface area contributed by atoms with E-state index in [9.17, 15) is 5.11 Å². The second kappa shape index (κ2) is 3.89. The zero-order valence-electron chi connectivity index (χ0n) is 7.96. The first-order valence-corrected chi connectivity index (χ1v) is 5.28. The third-order valence-corrected chi connectivity index (χ3v) is 3.21. The molecule has 0 aliphatic heterocycles. The zero-order chi connectivity index (χ0) is 10.1. The molecule has 0 amide bonds. The average Bonchev–Trinajstić information content (AvgIpc) is 2.18. The van der Waals surface area contributed by atoms with Crippen LogP contribution in [0, 0.1) is 0 Å². The second-order valence-electron chi connectivity index (χ2n) is 3.76. The maximum absolute atomic E-state index is 9.19. The van der Waals surface area contributed by atoms with Crippen molar-refractivity contribution in [3.05, 3.63) is 33.8 Å². The minimum Gasteiger partial charge on any atom is -0.392 e. The lowest BCUT2D eigenvalue weighted by atomic mass is 9.85. The molecule has 1 atom stereocenters. The van der Waals surface area contributed by atoms with Crippen LogP contribution in [0.3, 0.4) is 0 Å². The summed E-state index contributed by atoms with van der Waals surface area (Å²) in [6.45, 7) is 0.0756. The van der Waals surface area contributed by atoms with Gasteiger partial charge in [-0.2, -0.15) is 0 Å². The number of hydrogen-bond donors (Lipinski definition) is 2. The second-order valence-corrected chi connectivity index (χ2v) is 4.16. The fourth-order valence-corrected chi connectivity index (χ4v) is 2.49. The van der Waals surface area contributed by atoms with Gasteiger partial charge in [0.2, 0.25) is 0 Å². The first-order valence-electron chi connectivity index (χ1n) is 4.90. The van der Waals surface area contributed by atoms with Gasteiger partial charge < -0.3 is 10.8 Å². The van der Waals surface area contributed by atoms with E-state index >= 15 is 0 Å². The van der Waals surface area contributed by atoms with E-state index in [1.807, 2.05) is 12.1 Å². The van der Waals surface area contributed by atoms with E-state index in [-0.39, 0.29) is 12.6 Å². The van der Waals surface area contributed by atoms with Crippen molar-refractivity contribution in [1.82, 2.24) is 0 Å². The zero-order valence-corrected chi connectivity index (χ0v) is 8.72. The Labute approximate surface area is 88.7 Å². The van der Waals surface area contributed by atoms with Crippen molar-refractivity contribution in [2.45, 2.75) is 31.9 Å². The number of rotatable bonds is 1. The molecule has 0 bridgehead atoms. The highest BCUT2D eigenvalue weighted by molar-refractivity contribution is 6.31. The molecule has 0 saturated heterocycles. The highest BCUT2D eigenvalue weighted by Crippen LogP contribution is 2.35. The smallest absolute Gasteiger partial charge is 0.0684 e. The minimum absolute atomic E-state index is 0.0396. The molecule has 0 radical (unpaired) electrons. The summed E-state index contributed by atoms with van der Waals surface area (Å²) in [7, 11) is 0. The molecule has 3 heteroatoms. The molecule has 1 aliphatic rings. The quantitative estimate of drug-likeness (QED) is 0.748. The van der Waals surface area contributed by atoms with Crippen LogP contribution >= 0.6 is 11.6 Å². The Morgan fingerprint density at radius 1 is 1.50 bits per heavy atom. The van der Waals surface area contributed by atoms with Crippen LogP contribution in [0.5, 0.6) is 0 Å². The summed E-state index contributed by atoms with van der Waals surface area (Å²) < 4.78 is 0. The van der Waals surface area contributed by atoms with Crippen molar-refractivity contribution in [2.75, 3.05) is 0 Å². The van der Waals surface area contributed by atoms with Crippen molar-refractivity contribution in [3.63, 3.8) is 0 Å².